The molecule has 7 heteroatoms. The van der Waals surface area contributed by atoms with Gasteiger partial charge in [0.15, 0.2) is 0 Å². The van der Waals surface area contributed by atoms with E-state index in [0.717, 1.165) is 18.8 Å². The summed E-state index contributed by atoms with van der Waals surface area (Å²) < 4.78 is 5.36. The molecule has 1 aliphatic rings. The zero-order valence-electron chi connectivity index (χ0n) is 13.7. The molecule has 0 spiro atoms. The first kappa shape index (κ1) is 17.8. The van der Waals surface area contributed by atoms with Crippen LogP contribution in [0.4, 0.5) is 16.2 Å². The van der Waals surface area contributed by atoms with Gasteiger partial charge in [0, 0.05) is 18.1 Å². The van der Waals surface area contributed by atoms with Gasteiger partial charge in [-0.05, 0) is 39.0 Å². The number of morpholine rings is 1. The van der Waals surface area contributed by atoms with Crippen LogP contribution in [0.5, 0.6) is 0 Å². The molecule has 2 amide bonds. The lowest BCUT2D eigenvalue weighted by Crippen LogP contribution is -2.48. The third-order valence-electron chi connectivity index (χ3n) is 3.97. The lowest BCUT2D eigenvalue weighted by atomic mass is 10.0. The molecular formula is C16H24ClN3O3. The van der Waals surface area contributed by atoms with Crippen LogP contribution in [0, 0.1) is 0 Å². The molecule has 23 heavy (non-hydrogen) atoms. The second-order valence-corrected chi connectivity index (χ2v) is 6.67. The molecule has 1 saturated heterocycles. The molecule has 2 rings (SSSR count). The third-order valence-corrected chi connectivity index (χ3v) is 4.20. The maximum Gasteiger partial charge on any atom is 0.319 e. The molecule has 1 heterocycles. The molecule has 0 saturated carbocycles. The van der Waals surface area contributed by atoms with Gasteiger partial charge in [0.05, 0.1) is 36.2 Å². The van der Waals surface area contributed by atoms with E-state index in [4.69, 9.17) is 16.3 Å². The third kappa shape index (κ3) is 4.99. The van der Waals surface area contributed by atoms with E-state index in [1.165, 1.54) is 0 Å². The first-order chi connectivity index (χ1) is 10.8. The Hall–Kier alpha value is -1.50. The minimum absolute atomic E-state index is 0.378. The monoisotopic (exact) mass is 341 g/mol. The van der Waals surface area contributed by atoms with Gasteiger partial charge in [0.25, 0.3) is 0 Å². The summed E-state index contributed by atoms with van der Waals surface area (Å²) in [4.78, 5) is 14.3. The van der Waals surface area contributed by atoms with Crippen molar-refractivity contribution in [3.05, 3.63) is 23.2 Å². The van der Waals surface area contributed by atoms with Gasteiger partial charge in [-0.15, -0.1) is 0 Å². The van der Waals surface area contributed by atoms with Gasteiger partial charge < -0.3 is 25.4 Å². The van der Waals surface area contributed by atoms with E-state index in [1.54, 1.807) is 32.9 Å². The fraction of sp³-hybridized carbons (Fsp3) is 0.562. The summed E-state index contributed by atoms with van der Waals surface area (Å²) in [6, 6.07) is 4.64. The predicted molar refractivity (Wildman–Crippen MR) is 92.4 cm³/mol. The molecule has 3 N–H and O–H groups in total. The molecule has 128 valence electrons. The molecule has 1 aromatic carbocycles. The van der Waals surface area contributed by atoms with Crippen molar-refractivity contribution in [1.29, 1.82) is 0 Å². The van der Waals surface area contributed by atoms with Gasteiger partial charge in [0.2, 0.25) is 0 Å². The van der Waals surface area contributed by atoms with Crippen molar-refractivity contribution in [2.24, 2.45) is 0 Å². The van der Waals surface area contributed by atoms with Crippen LogP contribution in [0.3, 0.4) is 0 Å². The molecule has 1 aromatic rings. The quantitative estimate of drug-likeness (QED) is 0.786. The van der Waals surface area contributed by atoms with E-state index in [0.29, 0.717) is 23.9 Å². The molecule has 0 bridgehead atoms. The number of aliphatic hydroxyl groups is 1. The van der Waals surface area contributed by atoms with Crippen molar-refractivity contribution in [3.63, 3.8) is 0 Å². The second kappa shape index (κ2) is 7.38. The Kier molecular flexibility index (Phi) is 5.73. The molecule has 1 aliphatic heterocycles. The Balaban J connectivity index is 2.11. The van der Waals surface area contributed by atoms with E-state index in [9.17, 15) is 9.90 Å². The number of hydrogen-bond donors (Lipinski definition) is 3. The van der Waals surface area contributed by atoms with Gasteiger partial charge in [-0.1, -0.05) is 11.6 Å². The van der Waals surface area contributed by atoms with Crippen molar-refractivity contribution in [3.8, 4) is 0 Å². The topological polar surface area (TPSA) is 73.8 Å². The highest BCUT2D eigenvalue weighted by atomic mass is 35.5. The lowest BCUT2D eigenvalue weighted by Gasteiger charge is -2.31. The summed E-state index contributed by atoms with van der Waals surface area (Å²) in [5.41, 5.74) is 0.544. The molecule has 0 unspecified atom stereocenters. The fourth-order valence-corrected chi connectivity index (χ4v) is 2.39. The van der Waals surface area contributed by atoms with E-state index in [-0.39, 0.29) is 6.03 Å². The SMILES string of the molecule is C[C@@H](NC(=O)Nc1cc(Cl)ccc1N1CCOCC1)C(C)(C)O. The Morgan fingerprint density at radius 3 is 2.65 bits per heavy atom. The Labute approximate surface area is 141 Å². The van der Waals surface area contributed by atoms with E-state index in [1.807, 2.05) is 6.07 Å². The van der Waals surface area contributed by atoms with Gasteiger partial charge in [-0.25, -0.2) is 4.79 Å². The highest BCUT2D eigenvalue weighted by molar-refractivity contribution is 6.31. The Morgan fingerprint density at radius 2 is 2.04 bits per heavy atom. The van der Waals surface area contributed by atoms with Crippen LogP contribution < -0.4 is 15.5 Å². The molecule has 1 fully saturated rings. The van der Waals surface area contributed by atoms with Crippen molar-refractivity contribution in [1.82, 2.24) is 5.32 Å². The zero-order valence-corrected chi connectivity index (χ0v) is 14.5. The number of urea groups is 1. The number of ether oxygens (including phenoxy) is 1. The summed E-state index contributed by atoms with van der Waals surface area (Å²) >= 11 is 6.06. The van der Waals surface area contributed by atoms with Crippen LogP contribution in [0.2, 0.25) is 5.02 Å². The highest BCUT2D eigenvalue weighted by Gasteiger charge is 2.24. The van der Waals surface area contributed by atoms with Crippen LogP contribution in [-0.4, -0.2) is 49.1 Å². The number of nitrogens with zero attached hydrogens (tertiary/aromatic N) is 1. The lowest BCUT2D eigenvalue weighted by molar-refractivity contribution is 0.0486. The van der Waals surface area contributed by atoms with Gasteiger partial charge in [0.1, 0.15) is 0 Å². The number of rotatable bonds is 4. The molecule has 1 atom stereocenters. The number of carbonyl (C=O) groups is 1. The summed E-state index contributed by atoms with van der Waals surface area (Å²) in [7, 11) is 0. The van der Waals surface area contributed by atoms with Crippen LogP contribution >= 0.6 is 11.6 Å². The molecule has 0 radical (unpaired) electrons. The van der Waals surface area contributed by atoms with Crippen molar-refractivity contribution < 1.29 is 14.6 Å². The van der Waals surface area contributed by atoms with E-state index >= 15 is 0 Å². The average Bonchev–Trinajstić information content (AvgIpc) is 2.47. The largest absolute Gasteiger partial charge is 0.388 e. The van der Waals surface area contributed by atoms with E-state index < -0.39 is 11.6 Å². The van der Waals surface area contributed by atoms with Gasteiger partial charge in [-0.3, -0.25) is 0 Å². The number of carbonyl (C=O) groups excluding carboxylic acids is 1. The number of amides is 2. The smallest absolute Gasteiger partial charge is 0.319 e. The number of halogens is 1. The summed E-state index contributed by atoms with van der Waals surface area (Å²) in [6.07, 6.45) is 0. The van der Waals surface area contributed by atoms with Gasteiger partial charge >= 0.3 is 6.03 Å². The van der Waals surface area contributed by atoms with E-state index in [2.05, 4.69) is 15.5 Å². The summed E-state index contributed by atoms with van der Waals surface area (Å²) in [6.45, 7) is 7.89. The minimum atomic E-state index is -1.00. The van der Waals surface area contributed by atoms with Crippen LogP contribution in [0.1, 0.15) is 20.8 Å². The normalized spacial score (nSPS) is 16.8. The molecule has 6 nitrogen and oxygen atoms in total. The number of benzene rings is 1. The molecule has 0 aliphatic carbocycles. The standard InChI is InChI=1S/C16H24ClN3O3/c1-11(16(2,3)22)18-15(21)19-13-10-12(17)4-5-14(13)20-6-8-23-9-7-20/h4-5,10-11,22H,6-9H2,1-3H3,(H2,18,19,21)/t11-/m1/s1. The number of nitrogens with one attached hydrogen (secondary N) is 2. The maximum atomic E-state index is 12.2. The molecular weight excluding hydrogens is 318 g/mol. The Bertz CT molecular complexity index is 554. The fourth-order valence-electron chi connectivity index (χ4n) is 2.22. The maximum absolute atomic E-state index is 12.2. The minimum Gasteiger partial charge on any atom is -0.388 e. The highest BCUT2D eigenvalue weighted by Crippen LogP contribution is 2.29. The summed E-state index contributed by atoms with van der Waals surface area (Å²) in [5, 5.41) is 16.0. The second-order valence-electron chi connectivity index (χ2n) is 6.23. The van der Waals surface area contributed by atoms with Crippen molar-refractivity contribution >= 4 is 29.0 Å². The van der Waals surface area contributed by atoms with Gasteiger partial charge in [-0.2, -0.15) is 0 Å². The average molecular weight is 342 g/mol. The van der Waals surface area contributed by atoms with Crippen molar-refractivity contribution in [2.75, 3.05) is 36.5 Å². The van der Waals surface area contributed by atoms with Crippen molar-refractivity contribution in [2.45, 2.75) is 32.4 Å². The van der Waals surface area contributed by atoms with Crippen LogP contribution in [0.15, 0.2) is 18.2 Å². The molecule has 0 aromatic heterocycles. The number of anilines is 2. The first-order valence-electron chi connectivity index (χ1n) is 7.69. The zero-order chi connectivity index (χ0) is 17.0. The summed E-state index contributed by atoms with van der Waals surface area (Å²) in [5.74, 6) is 0. The van der Waals surface area contributed by atoms with Crippen LogP contribution in [0.25, 0.3) is 0 Å². The predicted octanol–water partition coefficient (Wildman–Crippen LogP) is 2.46. The van der Waals surface area contributed by atoms with Crippen LogP contribution in [-0.2, 0) is 4.74 Å². The number of hydrogen-bond acceptors (Lipinski definition) is 4. The first-order valence-corrected chi connectivity index (χ1v) is 8.07. The Morgan fingerprint density at radius 1 is 1.39 bits per heavy atom.